The highest BCUT2D eigenvalue weighted by molar-refractivity contribution is 5.73. The van der Waals surface area contributed by atoms with E-state index in [1.807, 2.05) is 17.0 Å². The lowest BCUT2D eigenvalue weighted by atomic mass is 9.98. The Morgan fingerprint density at radius 1 is 1.32 bits per heavy atom. The minimum Gasteiger partial charge on any atom is -0.481 e. The van der Waals surface area contributed by atoms with Crippen molar-refractivity contribution in [3.05, 3.63) is 24.5 Å². The minimum absolute atomic E-state index is 0.312. The van der Waals surface area contributed by atoms with Crippen LogP contribution in [-0.4, -0.2) is 39.1 Å². The van der Waals surface area contributed by atoms with Crippen molar-refractivity contribution in [1.29, 1.82) is 0 Å². The first-order chi connectivity index (χ1) is 9.24. The van der Waals surface area contributed by atoms with Crippen molar-refractivity contribution in [2.75, 3.05) is 18.0 Å². The number of piperidine rings is 1. The Bertz CT molecular complexity index is 616. The van der Waals surface area contributed by atoms with E-state index in [2.05, 4.69) is 15.0 Å². The standard InChI is InChI=1S/C13H14N4O2/c18-13(19)9-2-1-7-17(8-9)11-4-3-10-12(16-11)15-6-5-14-10/h3-6,9H,1-2,7-8H2,(H,18,19). The van der Waals surface area contributed by atoms with Crippen molar-refractivity contribution in [2.45, 2.75) is 12.8 Å². The van der Waals surface area contributed by atoms with Crippen molar-refractivity contribution >= 4 is 23.0 Å². The molecule has 2 aromatic rings. The van der Waals surface area contributed by atoms with Gasteiger partial charge in [0.15, 0.2) is 5.65 Å². The van der Waals surface area contributed by atoms with E-state index in [-0.39, 0.29) is 5.92 Å². The Labute approximate surface area is 110 Å². The fourth-order valence-electron chi connectivity index (χ4n) is 2.41. The van der Waals surface area contributed by atoms with E-state index in [0.717, 1.165) is 30.7 Å². The second kappa shape index (κ2) is 4.79. The molecule has 0 saturated carbocycles. The van der Waals surface area contributed by atoms with Crippen LogP contribution in [0.25, 0.3) is 11.2 Å². The summed E-state index contributed by atoms with van der Waals surface area (Å²) in [6, 6.07) is 3.75. The van der Waals surface area contributed by atoms with Gasteiger partial charge in [-0.25, -0.2) is 9.97 Å². The van der Waals surface area contributed by atoms with E-state index < -0.39 is 5.97 Å². The predicted octanol–water partition coefficient (Wildman–Crippen LogP) is 1.33. The number of aromatic nitrogens is 3. The lowest BCUT2D eigenvalue weighted by Gasteiger charge is -2.31. The summed E-state index contributed by atoms with van der Waals surface area (Å²) in [6.07, 6.45) is 4.84. The molecule has 0 aromatic carbocycles. The lowest BCUT2D eigenvalue weighted by molar-refractivity contribution is -0.141. The molecule has 0 bridgehead atoms. The molecule has 6 nitrogen and oxygen atoms in total. The maximum absolute atomic E-state index is 11.1. The Morgan fingerprint density at radius 2 is 2.16 bits per heavy atom. The molecule has 3 heterocycles. The molecule has 6 heteroatoms. The van der Waals surface area contributed by atoms with Crippen LogP contribution in [0.2, 0.25) is 0 Å². The van der Waals surface area contributed by atoms with Gasteiger partial charge in [0.2, 0.25) is 0 Å². The molecular formula is C13H14N4O2. The number of hydrogen-bond acceptors (Lipinski definition) is 5. The smallest absolute Gasteiger partial charge is 0.308 e. The van der Waals surface area contributed by atoms with Gasteiger partial charge >= 0.3 is 5.97 Å². The van der Waals surface area contributed by atoms with Crippen molar-refractivity contribution < 1.29 is 9.90 Å². The number of carboxylic acids is 1. The van der Waals surface area contributed by atoms with Crippen LogP contribution in [0.4, 0.5) is 5.82 Å². The van der Waals surface area contributed by atoms with Crippen LogP contribution in [0.15, 0.2) is 24.5 Å². The fourth-order valence-corrected chi connectivity index (χ4v) is 2.41. The van der Waals surface area contributed by atoms with Gasteiger partial charge in [-0.05, 0) is 25.0 Å². The third kappa shape index (κ3) is 2.33. The van der Waals surface area contributed by atoms with Crippen LogP contribution in [-0.2, 0) is 4.79 Å². The van der Waals surface area contributed by atoms with Gasteiger partial charge in [0.05, 0.1) is 5.92 Å². The van der Waals surface area contributed by atoms with Crippen LogP contribution >= 0.6 is 0 Å². The summed E-state index contributed by atoms with van der Waals surface area (Å²) in [5, 5.41) is 9.11. The molecule has 1 aliphatic rings. The topological polar surface area (TPSA) is 79.2 Å². The summed E-state index contributed by atoms with van der Waals surface area (Å²) in [7, 11) is 0. The highest BCUT2D eigenvalue weighted by Gasteiger charge is 2.26. The van der Waals surface area contributed by atoms with Crippen LogP contribution in [0.5, 0.6) is 0 Å². The SMILES string of the molecule is O=C(O)C1CCCN(c2ccc3nccnc3n2)C1. The van der Waals surface area contributed by atoms with Gasteiger partial charge in [-0.15, -0.1) is 0 Å². The molecule has 0 aliphatic carbocycles. The highest BCUT2D eigenvalue weighted by Crippen LogP contribution is 2.22. The van der Waals surface area contributed by atoms with Gasteiger partial charge in [-0.3, -0.25) is 9.78 Å². The quantitative estimate of drug-likeness (QED) is 0.875. The average Bonchev–Trinajstić information content (AvgIpc) is 2.47. The molecule has 1 unspecified atom stereocenters. The van der Waals surface area contributed by atoms with Crippen LogP contribution in [0, 0.1) is 5.92 Å². The highest BCUT2D eigenvalue weighted by atomic mass is 16.4. The Kier molecular flexibility index (Phi) is 2.98. The number of rotatable bonds is 2. The summed E-state index contributed by atoms with van der Waals surface area (Å²) < 4.78 is 0. The average molecular weight is 258 g/mol. The number of aliphatic carboxylic acids is 1. The summed E-state index contributed by atoms with van der Waals surface area (Å²) in [4.78, 5) is 25.9. The number of pyridine rings is 1. The first-order valence-corrected chi connectivity index (χ1v) is 6.29. The molecule has 3 rings (SSSR count). The van der Waals surface area contributed by atoms with E-state index in [4.69, 9.17) is 5.11 Å². The van der Waals surface area contributed by atoms with Crippen LogP contribution < -0.4 is 4.90 Å². The summed E-state index contributed by atoms with van der Waals surface area (Å²) >= 11 is 0. The van der Waals surface area contributed by atoms with Crippen LogP contribution in [0.1, 0.15) is 12.8 Å². The van der Waals surface area contributed by atoms with Crippen LogP contribution in [0.3, 0.4) is 0 Å². The Balaban J connectivity index is 1.89. The molecule has 1 atom stereocenters. The normalized spacial score (nSPS) is 19.6. The van der Waals surface area contributed by atoms with Gasteiger partial charge in [0.1, 0.15) is 11.3 Å². The molecule has 1 fully saturated rings. The number of carbonyl (C=O) groups is 1. The lowest BCUT2D eigenvalue weighted by Crippen LogP contribution is -2.39. The number of nitrogens with zero attached hydrogens (tertiary/aromatic N) is 4. The maximum Gasteiger partial charge on any atom is 0.308 e. The first-order valence-electron chi connectivity index (χ1n) is 6.29. The zero-order valence-corrected chi connectivity index (χ0v) is 10.4. The van der Waals surface area contributed by atoms with Crippen molar-refractivity contribution in [1.82, 2.24) is 15.0 Å². The molecule has 0 radical (unpaired) electrons. The van der Waals surface area contributed by atoms with E-state index in [1.54, 1.807) is 12.4 Å². The summed E-state index contributed by atoms with van der Waals surface area (Å²) in [6.45, 7) is 1.34. The van der Waals surface area contributed by atoms with Gasteiger partial charge in [0.25, 0.3) is 0 Å². The fraction of sp³-hybridized carbons (Fsp3) is 0.385. The monoisotopic (exact) mass is 258 g/mol. The van der Waals surface area contributed by atoms with Crippen molar-refractivity contribution in [3.63, 3.8) is 0 Å². The largest absolute Gasteiger partial charge is 0.481 e. The zero-order chi connectivity index (χ0) is 13.2. The van der Waals surface area contributed by atoms with E-state index in [9.17, 15) is 4.79 Å². The van der Waals surface area contributed by atoms with E-state index >= 15 is 0 Å². The van der Waals surface area contributed by atoms with Gasteiger partial charge in [-0.1, -0.05) is 0 Å². The van der Waals surface area contributed by atoms with Crippen molar-refractivity contribution in [3.8, 4) is 0 Å². The molecule has 2 aromatic heterocycles. The molecule has 0 spiro atoms. The minimum atomic E-state index is -0.731. The van der Waals surface area contributed by atoms with Gasteiger partial charge in [-0.2, -0.15) is 0 Å². The van der Waals surface area contributed by atoms with Gasteiger partial charge < -0.3 is 10.0 Å². The maximum atomic E-state index is 11.1. The molecule has 1 aliphatic heterocycles. The number of carboxylic acid groups (broad SMARTS) is 1. The molecule has 19 heavy (non-hydrogen) atoms. The first kappa shape index (κ1) is 11.8. The predicted molar refractivity (Wildman–Crippen MR) is 69.9 cm³/mol. The second-order valence-corrected chi connectivity index (χ2v) is 4.69. The molecule has 98 valence electrons. The van der Waals surface area contributed by atoms with Crippen molar-refractivity contribution in [2.24, 2.45) is 5.92 Å². The zero-order valence-electron chi connectivity index (χ0n) is 10.4. The van der Waals surface area contributed by atoms with E-state index in [0.29, 0.717) is 12.2 Å². The summed E-state index contributed by atoms with van der Waals surface area (Å²) in [5.74, 6) is -0.266. The van der Waals surface area contributed by atoms with Gasteiger partial charge in [0, 0.05) is 25.5 Å². The number of fused-ring (bicyclic) bond motifs is 1. The Hall–Kier alpha value is -2.24. The third-order valence-corrected chi connectivity index (χ3v) is 3.41. The second-order valence-electron chi connectivity index (χ2n) is 4.69. The summed E-state index contributed by atoms with van der Waals surface area (Å²) in [5.41, 5.74) is 1.34. The number of anilines is 1. The Morgan fingerprint density at radius 3 is 3.00 bits per heavy atom. The van der Waals surface area contributed by atoms with E-state index in [1.165, 1.54) is 0 Å². The molecule has 1 saturated heterocycles. The third-order valence-electron chi connectivity index (χ3n) is 3.41. The number of hydrogen-bond donors (Lipinski definition) is 1. The molecule has 0 amide bonds. The molecular weight excluding hydrogens is 244 g/mol. The molecule has 1 N–H and O–H groups in total.